The molecule has 4 fully saturated rings. The Balaban J connectivity index is 1.53. The molecule has 176 valence electrons. The van der Waals surface area contributed by atoms with Gasteiger partial charge in [0.2, 0.25) is 0 Å². The highest BCUT2D eigenvalue weighted by Crippen LogP contribution is 2.78. The average Bonchev–Trinajstić information content (AvgIpc) is 3.33. The van der Waals surface area contributed by atoms with E-state index in [1.54, 1.807) is 12.3 Å². The molecule has 0 radical (unpaired) electrons. The van der Waals surface area contributed by atoms with Gasteiger partial charge in [0.15, 0.2) is 12.2 Å². The fourth-order valence-electron chi connectivity index (χ4n) is 8.45. The van der Waals surface area contributed by atoms with Gasteiger partial charge in [-0.05, 0) is 57.1 Å². The third-order valence-corrected chi connectivity index (χ3v) is 9.97. The Morgan fingerprint density at radius 3 is 2.45 bits per heavy atom. The van der Waals surface area contributed by atoms with Gasteiger partial charge in [0.25, 0.3) is 0 Å². The molecule has 0 N–H and O–H groups in total. The number of furan rings is 1. The van der Waals surface area contributed by atoms with E-state index in [1.165, 1.54) is 6.08 Å². The molecule has 3 aliphatic heterocycles. The van der Waals surface area contributed by atoms with Gasteiger partial charge in [0.1, 0.15) is 22.7 Å². The molecule has 2 aliphatic carbocycles. The zero-order valence-corrected chi connectivity index (χ0v) is 19.7. The van der Waals surface area contributed by atoms with Gasteiger partial charge < -0.3 is 18.6 Å². The van der Waals surface area contributed by atoms with Gasteiger partial charge in [-0.25, -0.2) is 9.59 Å². The van der Waals surface area contributed by atoms with Gasteiger partial charge in [-0.15, -0.1) is 0 Å². The summed E-state index contributed by atoms with van der Waals surface area (Å²) in [6, 6.07) is 3.59. The Bertz CT molecular complexity index is 1100. The highest BCUT2D eigenvalue weighted by molar-refractivity contribution is 5.93. The van der Waals surface area contributed by atoms with Gasteiger partial charge in [0.05, 0.1) is 11.7 Å². The Labute approximate surface area is 192 Å². The van der Waals surface area contributed by atoms with Crippen LogP contribution in [0.4, 0.5) is 0 Å². The fraction of sp³-hybridized carbons (Fsp3) is 0.654. The predicted octanol–water partition coefficient (Wildman–Crippen LogP) is 3.92. The highest BCUT2D eigenvalue weighted by atomic mass is 16.7. The molecule has 7 heteroatoms. The van der Waals surface area contributed by atoms with Gasteiger partial charge in [-0.2, -0.15) is 0 Å². The number of hydrogen-bond acceptors (Lipinski definition) is 7. The minimum atomic E-state index is -0.976. The van der Waals surface area contributed by atoms with E-state index in [-0.39, 0.29) is 30.0 Å². The molecular formula is C26H30O7. The largest absolute Gasteiger partial charge is 0.465 e. The summed E-state index contributed by atoms with van der Waals surface area (Å²) in [7, 11) is 0. The zero-order valence-electron chi connectivity index (χ0n) is 19.7. The summed E-state index contributed by atoms with van der Waals surface area (Å²) < 4.78 is 23.6. The second-order valence-electron chi connectivity index (χ2n) is 11.7. The maximum Gasteiger partial charge on any atom is 0.339 e. The van der Waals surface area contributed by atoms with E-state index in [1.807, 2.05) is 32.9 Å². The van der Waals surface area contributed by atoms with E-state index >= 15 is 0 Å². The van der Waals surface area contributed by atoms with Crippen molar-refractivity contribution in [3.63, 3.8) is 0 Å². The highest BCUT2D eigenvalue weighted by Gasteiger charge is 2.88. The third-order valence-electron chi connectivity index (χ3n) is 9.97. The van der Waals surface area contributed by atoms with Crippen molar-refractivity contribution in [2.45, 2.75) is 77.3 Å². The molecule has 1 aromatic heterocycles. The Morgan fingerprint density at radius 1 is 1.00 bits per heavy atom. The third kappa shape index (κ3) is 2.23. The Hall–Kier alpha value is -2.41. The topological polar surface area (TPSA) is 95.3 Å². The normalized spacial score (nSPS) is 49.5. The van der Waals surface area contributed by atoms with Crippen molar-refractivity contribution < 1.29 is 33.0 Å². The SMILES string of the molecule is CC1(C)OC(=O)C=CC2(C)C1CC(=O)C1(C)C2CCC2(C)C(c3ccco3)OC(=O)C3OC321. The number of Topliss-reactive ketones (excluding diaryl/α,β-unsaturated/α-hetero) is 1. The average molecular weight is 455 g/mol. The number of epoxide rings is 1. The van der Waals surface area contributed by atoms with Crippen LogP contribution < -0.4 is 0 Å². The molecule has 0 amide bonds. The molecule has 5 aliphatic rings. The first kappa shape index (κ1) is 21.1. The van der Waals surface area contributed by atoms with Crippen LogP contribution in [0.5, 0.6) is 0 Å². The van der Waals surface area contributed by atoms with Crippen LogP contribution in [0.2, 0.25) is 0 Å². The molecule has 7 nitrogen and oxygen atoms in total. The summed E-state index contributed by atoms with van der Waals surface area (Å²) in [5.74, 6) is -0.483. The molecular weight excluding hydrogens is 424 g/mol. The minimum absolute atomic E-state index is 0.0655. The fourth-order valence-corrected chi connectivity index (χ4v) is 8.45. The lowest BCUT2D eigenvalue weighted by molar-refractivity contribution is -0.217. The number of carbonyl (C=O) groups excluding carboxylic acids is 3. The zero-order chi connectivity index (χ0) is 23.6. The van der Waals surface area contributed by atoms with Crippen molar-refractivity contribution in [3.05, 3.63) is 36.3 Å². The van der Waals surface area contributed by atoms with Crippen molar-refractivity contribution >= 4 is 17.7 Å². The lowest BCUT2D eigenvalue weighted by Crippen LogP contribution is -2.71. The van der Waals surface area contributed by atoms with Crippen LogP contribution in [0.3, 0.4) is 0 Å². The monoisotopic (exact) mass is 454 g/mol. The molecule has 2 saturated carbocycles. The Morgan fingerprint density at radius 2 is 1.76 bits per heavy atom. The quantitative estimate of drug-likeness (QED) is 0.469. The van der Waals surface area contributed by atoms with Crippen LogP contribution >= 0.6 is 0 Å². The van der Waals surface area contributed by atoms with Crippen molar-refractivity contribution in [2.24, 2.45) is 28.1 Å². The van der Waals surface area contributed by atoms with E-state index in [4.69, 9.17) is 18.6 Å². The van der Waals surface area contributed by atoms with Crippen LogP contribution in [0, 0.1) is 28.1 Å². The lowest BCUT2D eigenvalue weighted by Gasteiger charge is -2.64. The first-order valence-corrected chi connectivity index (χ1v) is 11.8. The Kier molecular flexibility index (Phi) is 3.83. The number of esters is 2. The van der Waals surface area contributed by atoms with Gasteiger partial charge >= 0.3 is 11.9 Å². The van der Waals surface area contributed by atoms with Crippen LogP contribution in [0.15, 0.2) is 35.0 Å². The summed E-state index contributed by atoms with van der Waals surface area (Å²) in [5.41, 5.74) is -3.79. The predicted molar refractivity (Wildman–Crippen MR) is 115 cm³/mol. The second kappa shape index (κ2) is 5.98. The molecule has 33 heavy (non-hydrogen) atoms. The van der Waals surface area contributed by atoms with E-state index in [0.717, 1.165) is 6.42 Å². The molecule has 0 aromatic carbocycles. The van der Waals surface area contributed by atoms with Gasteiger partial charge in [-0.3, -0.25) is 4.79 Å². The molecule has 6 rings (SSSR count). The number of fused-ring (bicyclic) bond motifs is 3. The number of carbonyl (C=O) groups is 3. The number of ketones is 1. The molecule has 8 atom stereocenters. The molecule has 8 unspecified atom stereocenters. The molecule has 1 spiro atoms. The number of cyclic esters (lactones) is 2. The molecule has 1 aromatic rings. The van der Waals surface area contributed by atoms with Crippen molar-refractivity contribution in [3.8, 4) is 0 Å². The number of hydrogen-bond donors (Lipinski definition) is 0. The summed E-state index contributed by atoms with van der Waals surface area (Å²) in [4.78, 5) is 39.6. The summed E-state index contributed by atoms with van der Waals surface area (Å²) in [6.07, 6.45) is 5.31. The molecule has 2 saturated heterocycles. The van der Waals surface area contributed by atoms with E-state index in [9.17, 15) is 14.4 Å². The standard InChI is InChI=1S/C26H30O7/c1-22(2)16-13-17(27)25(5)15(23(16,3)10-9-18(28)32-22)8-11-24(4)19(14-7-6-12-30-14)31-21(29)20-26(24,25)33-20/h6-7,9-10,12,15-16,19-20H,8,11,13H2,1-5H3. The number of ether oxygens (including phenoxy) is 3. The molecule has 4 heterocycles. The second-order valence-corrected chi connectivity index (χ2v) is 11.7. The first-order valence-electron chi connectivity index (χ1n) is 11.8. The van der Waals surface area contributed by atoms with E-state index in [0.29, 0.717) is 12.2 Å². The maximum atomic E-state index is 14.1. The number of rotatable bonds is 1. The van der Waals surface area contributed by atoms with Crippen LogP contribution in [0.1, 0.15) is 65.7 Å². The van der Waals surface area contributed by atoms with E-state index in [2.05, 4.69) is 13.8 Å². The van der Waals surface area contributed by atoms with Crippen LogP contribution in [-0.4, -0.2) is 35.0 Å². The number of allylic oxidation sites excluding steroid dienone is 1. The first-order chi connectivity index (χ1) is 15.4. The summed E-state index contributed by atoms with van der Waals surface area (Å²) in [6.45, 7) is 9.96. The van der Waals surface area contributed by atoms with Crippen molar-refractivity contribution in [1.82, 2.24) is 0 Å². The minimum Gasteiger partial charge on any atom is -0.465 e. The van der Waals surface area contributed by atoms with Crippen molar-refractivity contribution in [1.29, 1.82) is 0 Å². The summed E-state index contributed by atoms with van der Waals surface area (Å²) >= 11 is 0. The summed E-state index contributed by atoms with van der Waals surface area (Å²) in [5, 5.41) is 0. The van der Waals surface area contributed by atoms with E-state index < -0.39 is 45.6 Å². The van der Waals surface area contributed by atoms with Crippen LogP contribution in [-0.2, 0) is 28.6 Å². The van der Waals surface area contributed by atoms with Gasteiger partial charge in [-0.1, -0.05) is 19.9 Å². The lowest BCUT2D eigenvalue weighted by atomic mass is 9.38. The van der Waals surface area contributed by atoms with Crippen molar-refractivity contribution in [2.75, 3.05) is 0 Å². The van der Waals surface area contributed by atoms with Crippen LogP contribution in [0.25, 0.3) is 0 Å². The van der Waals surface area contributed by atoms with Gasteiger partial charge in [0, 0.05) is 23.8 Å². The smallest absolute Gasteiger partial charge is 0.339 e. The maximum absolute atomic E-state index is 14.1. The molecule has 0 bridgehead atoms.